The summed E-state index contributed by atoms with van der Waals surface area (Å²) in [7, 11) is 0. The molecule has 0 saturated heterocycles. The van der Waals surface area contributed by atoms with E-state index in [0.717, 1.165) is 47.8 Å². The monoisotopic (exact) mass is 849 g/mol. The molecule has 0 unspecified atom stereocenters. The zero-order valence-corrected chi connectivity index (χ0v) is 33.7. The van der Waals surface area contributed by atoms with Crippen LogP contribution in [-0.2, 0) is 30.3 Å². The number of aliphatic hydroxyl groups is 1. The molecule has 5 heteroatoms. The number of thiophene rings is 1. The molecular weight excluding hydrogens is 799 g/mol. The van der Waals surface area contributed by atoms with Crippen LogP contribution in [0.15, 0.2) is 90.7 Å². The number of benzene rings is 4. The summed E-state index contributed by atoms with van der Waals surface area (Å²) in [6.45, 7) is 18.9. The number of pyridine rings is 1. The second kappa shape index (κ2) is 15.3. The second-order valence-corrected chi connectivity index (χ2v) is 15.7. The third kappa shape index (κ3) is 7.55. The van der Waals surface area contributed by atoms with Crippen molar-refractivity contribution >= 4 is 59.0 Å². The van der Waals surface area contributed by atoms with Crippen molar-refractivity contribution in [3.05, 3.63) is 102 Å². The first-order chi connectivity index (χ1) is 22.8. The number of allylic oxidation sites excluding steroid dienone is 2. The van der Waals surface area contributed by atoms with Gasteiger partial charge in [-0.15, -0.1) is 40.5 Å². The van der Waals surface area contributed by atoms with E-state index in [1.807, 2.05) is 52.9 Å². The Bertz CT molecular complexity index is 2130. The standard InChI is InChI=1S/C29H22NS.C15H28O2.Ir/c1-29(2,3)23-17-19(16-18-10-4-5-11-20(18)23)27-28-26(21-12-6-8-14-24(21)30-27)22-13-7-9-15-25(22)31-28;1-7-14(5,8-2)12(16)11-13(17)15(6,9-3)10-4;/h4-15,17H,1-3H3;11,16H,7-10H2,1-6H3;/q-1;;/b;12-11-;. The van der Waals surface area contributed by atoms with E-state index in [2.05, 4.69) is 106 Å². The molecule has 0 saturated carbocycles. The molecule has 0 fully saturated rings. The van der Waals surface area contributed by atoms with Gasteiger partial charge in [0.15, 0.2) is 5.78 Å². The molecule has 0 aliphatic carbocycles. The van der Waals surface area contributed by atoms with Gasteiger partial charge in [-0.1, -0.05) is 128 Å². The van der Waals surface area contributed by atoms with Gasteiger partial charge in [0, 0.05) is 68.3 Å². The van der Waals surface area contributed by atoms with Gasteiger partial charge in [-0.05, 0) is 43.2 Å². The van der Waals surface area contributed by atoms with Crippen molar-refractivity contribution in [2.24, 2.45) is 10.8 Å². The van der Waals surface area contributed by atoms with Gasteiger partial charge in [0.25, 0.3) is 0 Å². The number of para-hydroxylation sites is 1. The maximum atomic E-state index is 12.2. The van der Waals surface area contributed by atoms with Crippen molar-refractivity contribution in [1.82, 2.24) is 4.98 Å². The molecule has 4 aromatic carbocycles. The number of rotatable bonds is 8. The van der Waals surface area contributed by atoms with E-state index in [1.165, 1.54) is 42.6 Å². The van der Waals surface area contributed by atoms with Crippen LogP contribution in [0.1, 0.15) is 93.6 Å². The molecule has 2 aromatic heterocycles. The second-order valence-electron chi connectivity index (χ2n) is 14.6. The Morgan fingerprint density at radius 3 is 1.94 bits per heavy atom. The molecule has 0 aliphatic heterocycles. The number of carbonyl (C=O) groups excluding carboxylic acids is 1. The Kier molecular flexibility index (Phi) is 12.0. The van der Waals surface area contributed by atoms with Crippen LogP contribution in [0.5, 0.6) is 0 Å². The largest absolute Gasteiger partial charge is 0.512 e. The topological polar surface area (TPSA) is 50.2 Å². The number of carbonyl (C=O) groups is 1. The Balaban J connectivity index is 0.000000260. The molecule has 0 bridgehead atoms. The molecule has 49 heavy (non-hydrogen) atoms. The Morgan fingerprint density at radius 1 is 0.776 bits per heavy atom. The minimum Gasteiger partial charge on any atom is -0.512 e. The Hall–Kier alpha value is -3.37. The van der Waals surface area contributed by atoms with Crippen molar-refractivity contribution in [2.45, 2.75) is 93.4 Å². The molecule has 2 heterocycles. The van der Waals surface area contributed by atoms with E-state index in [9.17, 15) is 9.90 Å². The summed E-state index contributed by atoms with van der Waals surface area (Å²) in [5.74, 6) is 0.286. The van der Waals surface area contributed by atoms with E-state index in [1.54, 1.807) is 0 Å². The van der Waals surface area contributed by atoms with Gasteiger partial charge in [0.05, 0.1) is 5.52 Å². The van der Waals surface area contributed by atoms with Gasteiger partial charge in [0.2, 0.25) is 0 Å². The van der Waals surface area contributed by atoms with Crippen molar-refractivity contribution < 1.29 is 30.0 Å². The number of fused-ring (bicyclic) bond motifs is 6. The normalized spacial score (nSPS) is 12.6. The van der Waals surface area contributed by atoms with E-state index in [-0.39, 0.29) is 47.9 Å². The van der Waals surface area contributed by atoms with E-state index < -0.39 is 0 Å². The van der Waals surface area contributed by atoms with Gasteiger partial charge in [0.1, 0.15) is 5.76 Å². The predicted octanol–water partition coefficient (Wildman–Crippen LogP) is 13.2. The molecule has 0 amide bonds. The molecule has 1 radical (unpaired) electrons. The first-order valence-corrected chi connectivity index (χ1v) is 18.2. The number of hydrogen-bond donors (Lipinski definition) is 1. The van der Waals surface area contributed by atoms with Crippen LogP contribution in [-0.4, -0.2) is 15.9 Å². The molecule has 0 aliphatic rings. The summed E-state index contributed by atoms with van der Waals surface area (Å²) in [6.07, 6.45) is 4.75. The van der Waals surface area contributed by atoms with Crippen LogP contribution in [0.3, 0.4) is 0 Å². The summed E-state index contributed by atoms with van der Waals surface area (Å²) in [4.78, 5) is 17.4. The number of hydrogen-bond acceptors (Lipinski definition) is 4. The fourth-order valence-corrected chi connectivity index (χ4v) is 7.50. The van der Waals surface area contributed by atoms with Crippen LogP contribution >= 0.6 is 11.3 Å². The summed E-state index contributed by atoms with van der Waals surface area (Å²) < 4.78 is 2.54. The molecule has 1 N–H and O–H groups in total. The number of ketones is 1. The van der Waals surface area contributed by atoms with Crippen LogP contribution in [0, 0.1) is 16.9 Å². The number of nitrogens with zero attached hydrogens (tertiary/aromatic N) is 1. The summed E-state index contributed by atoms with van der Waals surface area (Å²) in [6, 6.07) is 31.8. The molecule has 0 atom stereocenters. The maximum absolute atomic E-state index is 12.2. The maximum Gasteiger partial charge on any atom is 0.164 e. The van der Waals surface area contributed by atoms with Gasteiger partial charge < -0.3 is 5.11 Å². The van der Waals surface area contributed by atoms with E-state index in [0.29, 0.717) is 0 Å². The number of aliphatic hydroxyl groups excluding tert-OH is 1. The molecule has 6 aromatic rings. The Labute approximate surface area is 310 Å². The van der Waals surface area contributed by atoms with E-state index >= 15 is 0 Å². The molecule has 6 rings (SSSR count). The Morgan fingerprint density at radius 2 is 1.33 bits per heavy atom. The molecular formula is C44H50IrNO2S-. The van der Waals surface area contributed by atoms with Crippen LogP contribution in [0.2, 0.25) is 0 Å². The predicted molar refractivity (Wildman–Crippen MR) is 208 cm³/mol. The minimum atomic E-state index is -0.337. The average molecular weight is 849 g/mol. The van der Waals surface area contributed by atoms with Crippen molar-refractivity contribution in [2.75, 3.05) is 0 Å². The molecule has 0 spiro atoms. The molecule has 3 nitrogen and oxygen atoms in total. The fraction of sp³-hybridized carbons (Fsp3) is 0.364. The minimum absolute atomic E-state index is 0. The smallest absolute Gasteiger partial charge is 0.164 e. The first-order valence-electron chi connectivity index (χ1n) is 17.4. The van der Waals surface area contributed by atoms with Crippen molar-refractivity contribution in [1.29, 1.82) is 0 Å². The van der Waals surface area contributed by atoms with Crippen LogP contribution < -0.4 is 0 Å². The van der Waals surface area contributed by atoms with Crippen LogP contribution in [0.25, 0.3) is 53.1 Å². The van der Waals surface area contributed by atoms with Gasteiger partial charge in [-0.3, -0.25) is 9.78 Å². The number of aromatic nitrogens is 1. The quantitative estimate of drug-likeness (QED) is 0.0943. The summed E-state index contributed by atoms with van der Waals surface area (Å²) in [5, 5.41) is 16.4. The van der Waals surface area contributed by atoms with Crippen molar-refractivity contribution in [3.8, 4) is 11.3 Å². The van der Waals surface area contributed by atoms with Gasteiger partial charge in [-0.2, -0.15) is 0 Å². The van der Waals surface area contributed by atoms with Crippen molar-refractivity contribution in [3.63, 3.8) is 0 Å². The van der Waals surface area contributed by atoms with Gasteiger partial charge in [-0.25, -0.2) is 0 Å². The zero-order chi connectivity index (χ0) is 34.9. The summed E-state index contributed by atoms with van der Waals surface area (Å²) >= 11 is 1.83. The average Bonchev–Trinajstić information content (AvgIpc) is 3.50. The summed E-state index contributed by atoms with van der Waals surface area (Å²) in [5.41, 5.74) is 3.90. The first kappa shape index (κ1) is 38.4. The molecule has 259 valence electrons. The fourth-order valence-electron chi connectivity index (χ4n) is 6.28. The third-order valence-electron chi connectivity index (χ3n) is 10.7. The third-order valence-corrected chi connectivity index (χ3v) is 11.8. The zero-order valence-electron chi connectivity index (χ0n) is 30.5. The SMILES string of the molecule is CC(C)(C)c1cc(-c2nc3ccccc3c3c2sc2ccccc23)[c-]c2ccccc12.CCC(C)(CC)C(=O)/C=C(\O)C(C)(CC)CC.[Ir]. The van der Waals surface area contributed by atoms with Gasteiger partial charge >= 0.3 is 0 Å². The van der Waals surface area contributed by atoms with E-state index in [4.69, 9.17) is 4.98 Å². The van der Waals surface area contributed by atoms with Crippen LogP contribution in [0.4, 0.5) is 0 Å².